The van der Waals surface area contributed by atoms with Gasteiger partial charge in [-0.15, -0.1) is 0 Å². The summed E-state index contributed by atoms with van der Waals surface area (Å²) in [5.41, 5.74) is -0.0121. The summed E-state index contributed by atoms with van der Waals surface area (Å²) in [7, 11) is 0. The lowest BCUT2D eigenvalue weighted by Gasteiger charge is -2.11. The highest BCUT2D eigenvalue weighted by Gasteiger charge is 2.46. The van der Waals surface area contributed by atoms with Crippen molar-refractivity contribution in [1.29, 1.82) is 0 Å². The lowest BCUT2D eigenvalue weighted by molar-refractivity contribution is -0.125. The highest BCUT2D eigenvalue weighted by Crippen LogP contribution is 2.30. The second kappa shape index (κ2) is 7.43. The van der Waals surface area contributed by atoms with Crippen LogP contribution in [0.3, 0.4) is 0 Å². The van der Waals surface area contributed by atoms with Crippen LogP contribution < -0.4 is 0 Å². The topological polar surface area (TPSA) is 57.6 Å². The Labute approximate surface area is 126 Å². The Balaban J connectivity index is 1.88. The molecule has 0 aromatic heterocycles. The number of Topliss-reactive ketones (excluding diaryl/α,β-unsaturated/α-hetero) is 1. The van der Waals surface area contributed by atoms with E-state index in [1.807, 2.05) is 6.08 Å². The van der Waals surface area contributed by atoms with E-state index in [0.717, 1.165) is 25.7 Å². The molecule has 2 heterocycles. The van der Waals surface area contributed by atoms with Crippen LogP contribution in [0.25, 0.3) is 0 Å². The third kappa shape index (κ3) is 3.55. The quantitative estimate of drug-likeness (QED) is 0.339. The molecule has 0 bridgehead atoms. The molecule has 21 heavy (non-hydrogen) atoms. The lowest BCUT2D eigenvalue weighted by Crippen LogP contribution is -2.28. The number of fused-ring (bicyclic) bond motifs is 1. The van der Waals surface area contributed by atoms with Gasteiger partial charge in [-0.05, 0) is 31.8 Å². The normalized spacial score (nSPS) is 24.2. The molecule has 0 spiro atoms. The van der Waals surface area contributed by atoms with Gasteiger partial charge in [-0.1, -0.05) is 38.7 Å². The Hall–Kier alpha value is -1.58. The Morgan fingerprint density at radius 2 is 2.05 bits per heavy atom. The summed E-state index contributed by atoms with van der Waals surface area (Å²) in [6.45, 7) is 2.82. The molecule has 116 valence electrons. The average Bonchev–Trinajstić information content (AvgIpc) is 3.03. The second-order valence-corrected chi connectivity index (χ2v) is 5.89. The zero-order chi connectivity index (χ0) is 15.2. The predicted octanol–water partition coefficient (Wildman–Crippen LogP) is 3.29. The molecule has 0 saturated carbocycles. The highest BCUT2D eigenvalue weighted by atomic mass is 16.3. The molecule has 1 N–H and O–H groups in total. The summed E-state index contributed by atoms with van der Waals surface area (Å²) in [6, 6.07) is -0.322. The summed E-state index contributed by atoms with van der Waals surface area (Å²) in [5, 5.41) is 10.0. The molecule has 0 aromatic rings. The number of hydrogen-bond donors (Lipinski definition) is 1. The maximum absolute atomic E-state index is 12.1. The fourth-order valence-electron chi connectivity index (χ4n) is 3.08. The number of nitrogens with zero attached hydrogens (tertiary/aromatic N) is 1. The molecule has 0 aromatic carbocycles. The van der Waals surface area contributed by atoms with Gasteiger partial charge in [-0.25, -0.2) is 0 Å². The van der Waals surface area contributed by atoms with Gasteiger partial charge in [-0.2, -0.15) is 0 Å². The van der Waals surface area contributed by atoms with Gasteiger partial charge in [0.1, 0.15) is 11.3 Å². The van der Waals surface area contributed by atoms with Crippen molar-refractivity contribution in [1.82, 2.24) is 4.90 Å². The Morgan fingerprint density at radius 3 is 2.76 bits per heavy atom. The standard InChI is InChI=1S/C17H25NO3/c1-2-3-4-5-6-7-8-11-14(19)15-16(20)13-10-9-12-18(13)17(15)21/h8,11,13,19H,2-7,9-10,12H2,1H3/b11-8+,15-14-/t13-/m0/s1. The second-order valence-electron chi connectivity index (χ2n) is 5.89. The van der Waals surface area contributed by atoms with Crippen LogP contribution in [0.2, 0.25) is 0 Å². The zero-order valence-corrected chi connectivity index (χ0v) is 12.8. The molecule has 0 aliphatic carbocycles. The van der Waals surface area contributed by atoms with E-state index in [4.69, 9.17) is 0 Å². The van der Waals surface area contributed by atoms with Crippen LogP contribution in [0.4, 0.5) is 0 Å². The van der Waals surface area contributed by atoms with Crippen LogP contribution in [0, 0.1) is 0 Å². The number of aliphatic hydroxyl groups is 1. The van der Waals surface area contributed by atoms with E-state index in [2.05, 4.69) is 6.92 Å². The lowest BCUT2D eigenvalue weighted by atomic mass is 10.1. The van der Waals surface area contributed by atoms with Gasteiger partial charge in [0.25, 0.3) is 5.91 Å². The van der Waals surface area contributed by atoms with Gasteiger partial charge >= 0.3 is 0 Å². The molecule has 4 heteroatoms. The maximum atomic E-state index is 12.1. The van der Waals surface area contributed by atoms with Crippen molar-refractivity contribution < 1.29 is 14.7 Å². The smallest absolute Gasteiger partial charge is 0.261 e. The van der Waals surface area contributed by atoms with Crippen molar-refractivity contribution in [2.45, 2.75) is 64.3 Å². The molecule has 2 fully saturated rings. The predicted molar refractivity (Wildman–Crippen MR) is 81.9 cm³/mol. The maximum Gasteiger partial charge on any atom is 0.261 e. The zero-order valence-electron chi connectivity index (χ0n) is 12.8. The first-order valence-electron chi connectivity index (χ1n) is 8.11. The number of aliphatic hydroxyl groups excluding tert-OH is 1. The van der Waals surface area contributed by atoms with Gasteiger partial charge in [-0.3, -0.25) is 9.59 Å². The Bertz CT molecular complexity index is 441. The van der Waals surface area contributed by atoms with Crippen LogP contribution in [0.5, 0.6) is 0 Å². The van der Waals surface area contributed by atoms with Crippen molar-refractivity contribution >= 4 is 11.7 Å². The van der Waals surface area contributed by atoms with Crippen molar-refractivity contribution in [3.63, 3.8) is 0 Å². The van der Waals surface area contributed by atoms with E-state index in [1.54, 1.807) is 4.90 Å². The number of amides is 1. The fourth-order valence-corrected chi connectivity index (χ4v) is 3.08. The minimum atomic E-state index is -0.322. The van der Waals surface area contributed by atoms with Crippen molar-refractivity contribution in [3.8, 4) is 0 Å². The number of rotatable bonds is 7. The minimum Gasteiger partial charge on any atom is -0.507 e. The molecular weight excluding hydrogens is 266 g/mol. The fraction of sp³-hybridized carbons (Fsp3) is 0.647. The molecule has 1 amide bonds. The van der Waals surface area contributed by atoms with Crippen LogP contribution in [-0.2, 0) is 9.59 Å². The first-order valence-corrected chi connectivity index (χ1v) is 8.11. The molecule has 2 aliphatic rings. The number of allylic oxidation sites excluding steroid dienone is 2. The summed E-state index contributed by atoms with van der Waals surface area (Å²) in [5.74, 6) is -0.664. The number of unbranched alkanes of at least 4 members (excludes halogenated alkanes) is 5. The largest absolute Gasteiger partial charge is 0.507 e. The van der Waals surface area contributed by atoms with Crippen LogP contribution in [-0.4, -0.2) is 34.3 Å². The van der Waals surface area contributed by atoms with E-state index in [1.165, 1.54) is 31.8 Å². The van der Waals surface area contributed by atoms with Crippen LogP contribution >= 0.6 is 0 Å². The summed E-state index contributed by atoms with van der Waals surface area (Å²) in [6.07, 6.45) is 11.8. The molecular formula is C17H25NO3. The molecule has 4 nitrogen and oxygen atoms in total. The van der Waals surface area contributed by atoms with E-state index in [9.17, 15) is 14.7 Å². The number of ketones is 1. The third-order valence-corrected chi connectivity index (χ3v) is 4.28. The van der Waals surface area contributed by atoms with Gasteiger partial charge in [0.15, 0.2) is 5.78 Å². The average molecular weight is 291 g/mol. The summed E-state index contributed by atoms with van der Waals surface area (Å²) in [4.78, 5) is 25.8. The molecule has 2 saturated heterocycles. The molecule has 0 radical (unpaired) electrons. The number of carbonyl (C=O) groups excluding carboxylic acids is 2. The molecule has 0 unspecified atom stereocenters. The molecule has 2 rings (SSSR count). The first-order chi connectivity index (χ1) is 10.2. The van der Waals surface area contributed by atoms with E-state index in [0.29, 0.717) is 6.54 Å². The van der Waals surface area contributed by atoms with Gasteiger partial charge in [0.2, 0.25) is 0 Å². The highest BCUT2D eigenvalue weighted by molar-refractivity contribution is 6.27. The Morgan fingerprint density at radius 1 is 1.29 bits per heavy atom. The van der Waals surface area contributed by atoms with Gasteiger partial charge < -0.3 is 10.0 Å². The first kappa shape index (κ1) is 15.8. The van der Waals surface area contributed by atoms with E-state index < -0.39 is 0 Å². The third-order valence-electron chi connectivity index (χ3n) is 4.28. The monoisotopic (exact) mass is 291 g/mol. The van der Waals surface area contributed by atoms with Crippen LogP contribution in [0.15, 0.2) is 23.5 Å². The summed E-state index contributed by atoms with van der Waals surface area (Å²) < 4.78 is 0. The minimum absolute atomic E-state index is 0.0121. The summed E-state index contributed by atoms with van der Waals surface area (Å²) >= 11 is 0. The number of hydrogen-bond acceptors (Lipinski definition) is 3. The van der Waals surface area contributed by atoms with Crippen molar-refractivity contribution in [3.05, 3.63) is 23.5 Å². The number of carbonyl (C=O) groups is 2. The Kier molecular flexibility index (Phi) is 5.59. The van der Waals surface area contributed by atoms with Gasteiger partial charge in [0.05, 0.1) is 6.04 Å². The van der Waals surface area contributed by atoms with E-state index in [-0.39, 0.29) is 29.1 Å². The SMILES string of the molecule is CCCCCCC/C=C/C(O)=C1\C(=O)[C@@H]2CCCN2C1=O. The van der Waals surface area contributed by atoms with Crippen molar-refractivity contribution in [2.24, 2.45) is 0 Å². The van der Waals surface area contributed by atoms with E-state index >= 15 is 0 Å². The molecule has 2 aliphatic heterocycles. The van der Waals surface area contributed by atoms with Crippen molar-refractivity contribution in [2.75, 3.05) is 6.54 Å². The van der Waals surface area contributed by atoms with Crippen LogP contribution in [0.1, 0.15) is 58.3 Å². The van der Waals surface area contributed by atoms with Gasteiger partial charge in [0, 0.05) is 6.54 Å². The molecule has 1 atom stereocenters.